The first-order valence-corrected chi connectivity index (χ1v) is 6.71. The predicted molar refractivity (Wildman–Crippen MR) is 74.2 cm³/mol. The summed E-state index contributed by atoms with van der Waals surface area (Å²) >= 11 is 3.42. The molecule has 0 aliphatic carbocycles. The molecular weight excluding hydrogens is 294 g/mol. The molecule has 0 aliphatic rings. The number of alkyl halides is 1. The highest BCUT2D eigenvalue weighted by molar-refractivity contribution is 9.08. The van der Waals surface area contributed by atoms with Gasteiger partial charge in [-0.1, -0.05) is 28.1 Å². The van der Waals surface area contributed by atoms with Crippen LogP contribution in [0.25, 0.3) is 0 Å². The first-order valence-electron chi connectivity index (χ1n) is 5.59. The van der Waals surface area contributed by atoms with Crippen molar-refractivity contribution in [3.8, 4) is 11.6 Å². The number of hydrogen-bond donors (Lipinski definition) is 0. The molecule has 0 radical (unpaired) electrons. The highest BCUT2D eigenvalue weighted by Crippen LogP contribution is 2.19. The second-order valence-corrected chi connectivity index (χ2v) is 4.30. The van der Waals surface area contributed by atoms with Crippen LogP contribution >= 0.6 is 15.9 Å². The number of methoxy groups -OCH3 is 1. The summed E-state index contributed by atoms with van der Waals surface area (Å²) in [6.07, 6.45) is 1.70. The van der Waals surface area contributed by atoms with Crippen molar-refractivity contribution < 1.29 is 9.47 Å². The molecule has 4 heteroatoms. The maximum absolute atomic E-state index is 5.74. The quantitative estimate of drug-likeness (QED) is 0.791. The van der Waals surface area contributed by atoms with E-state index in [9.17, 15) is 0 Å². The molecule has 0 spiro atoms. The van der Waals surface area contributed by atoms with Crippen LogP contribution in [0.3, 0.4) is 0 Å². The summed E-state index contributed by atoms with van der Waals surface area (Å²) in [7, 11) is 1.61. The summed E-state index contributed by atoms with van der Waals surface area (Å²) in [5.74, 6) is 1.45. The van der Waals surface area contributed by atoms with Gasteiger partial charge in [-0.25, -0.2) is 4.98 Å². The van der Waals surface area contributed by atoms with Gasteiger partial charge in [0.25, 0.3) is 0 Å². The molecule has 0 fully saturated rings. The maximum atomic E-state index is 5.74. The molecule has 94 valence electrons. The van der Waals surface area contributed by atoms with Crippen molar-refractivity contribution in [3.05, 3.63) is 53.7 Å². The lowest BCUT2D eigenvalue weighted by atomic mass is 10.2. The molecular formula is C14H14BrNO2. The molecule has 2 rings (SSSR count). The predicted octanol–water partition coefficient (Wildman–Crippen LogP) is 3.56. The third-order valence-corrected chi connectivity index (χ3v) is 3.14. The molecule has 1 heterocycles. The first kappa shape index (κ1) is 12.9. The topological polar surface area (TPSA) is 31.4 Å². The summed E-state index contributed by atoms with van der Waals surface area (Å²) in [5, 5.41) is 0.820. The Morgan fingerprint density at radius 1 is 1.22 bits per heavy atom. The number of benzene rings is 1. The van der Waals surface area contributed by atoms with Gasteiger partial charge in [0.1, 0.15) is 12.4 Å². The summed E-state index contributed by atoms with van der Waals surface area (Å²) in [6, 6.07) is 11.8. The van der Waals surface area contributed by atoms with E-state index in [0.29, 0.717) is 12.5 Å². The fraction of sp³-hybridized carbons (Fsp3) is 0.214. The van der Waals surface area contributed by atoms with Crippen LogP contribution in [-0.2, 0) is 11.9 Å². The number of halogens is 1. The van der Waals surface area contributed by atoms with E-state index in [4.69, 9.17) is 9.47 Å². The van der Waals surface area contributed by atoms with Crippen LogP contribution in [0.5, 0.6) is 11.6 Å². The Bertz CT molecular complexity index is 517. The average molecular weight is 308 g/mol. The van der Waals surface area contributed by atoms with Gasteiger partial charge in [0, 0.05) is 11.5 Å². The normalized spacial score (nSPS) is 10.1. The third kappa shape index (κ3) is 3.23. The van der Waals surface area contributed by atoms with Crippen molar-refractivity contribution >= 4 is 15.9 Å². The molecule has 1 aromatic heterocycles. The number of aromatic nitrogens is 1. The fourth-order valence-corrected chi connectivity index (χ4v) is 1.95. The van der Waals surface area contributed by atoms with Gasteiger partial charge in [-0.05, 0) is 29.8 Å². The van der Waals surface area contributed by atoms with Crippen LogP contribution in [0.4, 0.5) is 0 Å². The van der Waals surface area contributed by atoms with Gasteiger partial charge in [0.2, 0.25) is 5.88 Å². The smallest absolute Gasteiger partial charge is 0.219 e. The molecule has 3 nitrogen and oxygen atoms in total. The Morgan fingerprint density at radius 2 is 2.11 bits per heavy atom. The minimum atomic E-state index is 0.447. The number of rotatable bonds is 5. The maximum Gasteiger partial charge on any atom is 0.219 e. The molecule has 1 aromatic carbocycles. The van der Waals surface area contributed by atoms with Crippen molar-refractivity contribution in [2.75, 3.05) is 7.11 Å². The van der Waals surface area contributed by atoms with Crippen LogP contribution < -0.4 is 9.47 Å². The molecule has 0 amide bonds. The largest absolute Gasteiger partial charge is 0.489 e. The van der Waals surface area contributed by atoms with Gasteiger partial charge in [0.05, 0.1) is 12.7 Å². The van der Waals surface area contributed by atoms with Gasteiger partial charge in [0.15, 0.2) is 0 Å². The van der Waals surface area contributed by atoms with Gasteiger partial charge >= 0.3 is 0 Å². The lowest BCUT2D eigenvalue weighted by molar-refractivity contribution is 0.293. The summed E-state index contributed by atoms with van der Waals surface area (Å²) < 4.78 is 10.9. The number of ether oxygens (including phenoxy) is 2. The van der Waals surface area contributed by atoms with E-state index in [1.54, 1.807) is 13.3 Å². The van der Waals surface area contributed by atoms with Crippen molar-refractivity contribution in [3.63, 3.8) is 0 Å². The molecule has 0 bridgehead atoms. The second kappa shape index (κ2) is 6.40. The molecule has 0 aliphatic heterocycles. The van der Waals surface area contributed by atoms with Gasteiger partial charge in [-0.3, -0.25) is 0 Å². The van der Waals surface area contributed by atoms with Gasteiger partial charge < -0.3 is 9.47 Å². The zero-order valence-corrected chi connectivity index (χ0v) is 11.7. The molecule has 0 unspecified atom stereocenters. The van der Waals surface area contributed by atoms with E-state index < -0.39 is 0 Å². The van der Waals surface area contributed by atoms with Crippen molar-refractivity contribution in [2.45, 2.75) is 11.9 Å². The summed E-state index contributed by atoms with van der Waals surface area (Å²) in [6.45, 7) is 0.447. The Hall–Kier alpha value is -1.55. The van der Waals surface area contributed by atoms with Crippen molar-refractivity contribution in [1.29, 1.82) is 0 Å². The number of nitrogens with zero attached hydrogens (tertiary/aromatic N) is 1. The molecule has 0 saturated heterocycles. The van der Waals surface area contributed by atoms with E-state index >= 15 is 0 Å². The number of hydrogen-bond acceptors (Lipinski definition) is 3. The van der Waals surface area contributed by atoms with Crippen LogP contribution in [0.15, 0.2) is 42.6 Å². The van der Waals surface area contributed by atoms with E-state index in [2.05, 4.69) is 20.9 Å². The number of pyridine rings is 1. The van der Waals surface area contributed by atoms with Crippen molar-refractivity contribution in [1.82, 2.24) is 4.98 Å². The monoisotopic (exact) mass is 307 g/mol. The third-order valence-electron chi connectivity index (χ3n) is 2.49. The van der Waals surface area contributed by atoms with Crippen LogP contribution in [0, 0.1) is 0 Å². The molecule has 0 saturated carbocycles. The zero-order valence-electron chi connectivity index (χ0n) is 10.1. The summed E-state index contributed by atoms with van der Waals surface area (Å²) in [5.41, 5.74) is 2.12. The fourth-order valence-electron chi connectivity index (χ4n) is 1.60. The molecule has 0 N–H and O–H groups in total. The Labute approximate surface area is 115 Å². The molecule has 18 heavy (non-hydrogen) atoms. The Kier molecular flexibility index (Phi) is 4.59. The Morgan fingerprint density at radius 3 is 2.89 bits per heavy atom. The van der Waals surface area contributed by atoms with E-state index in [-0.39, 0.29) is 0 Å². The van der Waals surface area contributed by atoms with Gasteiger partial charge in [-0.2, -0.15) is 0 Å². The second-order valence-electron chi connectivity index (χ2n) is 3.74. The Balaban J connectivity index is 2.06. The zero-order chi connectivity index (χ0) is 12.8. The standard InChI is InChI=1S/C14H14BrNO2/c1-17-14-12(5-3-7-16-14)10-18-13-6-2-4-11(8-13)9-15/h2-8H,9-10H2,1H3. The first-order chi connectivity index (χ1) is 8.83. The van der Waals surface area contributed by atoms with Crippen LogP contribution in [0.2, 0.25) is 0 Å². The minimum absolute atomic E-state index is 0.447. The van der Waals surface area contributed by atoms with Crippen LogP contribution in [0.1, 0.15) is 11.1 Å². The summed E-state index contributed by atoms with van der Waals surface area (Å²) in [4.78, 5) is 4.13. The van der Waals surface area contributed by atoms with E-state index in [0.717, 1.165) is 16.6 Å². The van der Waals surface area contributed by atoms with E-state index in [1.807, 2.05) is 36.4 Å². The van der Waals surface area contributed by atoms with Crippen molar-refractivity contribution in [2.24, 2.45) is 0 Å². The molecule has 2 aromatic rings. The molecule has 0 atom stereocenters. The average Bonchev–Trinajstić information content (AvgIpc) is 2.45. The highest BCUT2D eigenvalue weighted by Gasteiger charge is 2.04. The van der Waals surface area contributed by atoms with Crippen LogP contribution in [-0.4, -0.2) is 12.1 Å². The minimum Gasteiger partial charge on any atom is -0.489 e. The van der Waals surface area contributed by atoms with Gasteiger partial charge in [-0.15, -0.1) is 0 Å². The highest BCUT2D eigenvalue weighted by atomic mass is 79.9. The lowest BCUT2D eigenvalue weighted by Crippen LogP contribution is -2.00. The lowest BCUT2D eigenvalue weighted by Gasteiger charge is -2.09. The SMILES string of the molecule is COc1ncccc1COc1cccc(CBr)c1. The van der Waals surface area contributed by atoms with E-state index in [1.165, 1.54) is 5.56 Å².